The zero-order chi connectivity index (χ0) is 21.1. The number of cyclic esters (lactones) is 1. The van der Waals surface area contributed by atoms with Gasteiger partial charge in [0.1, 0.15) is 24.0 Å². The Balaban J connectivity index is 1.47. The number of halogens is 3. The van der Waals surface area contributed by atoms with E-state index in [1.807, 2.05) is 0 Å². The Hall–Kier alpha value is -3.51. The highest BCUT2D eigenvalue weighted by Gasteiger charge is 2.24. The number of ether oxygens (including phenoxy) is 2. The fourth-order valence-corrected chi connectivity index (χ4v) is 3.02. The van der Waals surface area contributed by atoms with Gasteiger partial charge in [-0.2, -0.15) is 0 Å². The van der Waals surface area contributed by atoms with Crippen LogP contribution in [-0.2, 0) is 16.1 Å². The van der Waals surface area contributed by atoms with E-state index in [0.29, 0.717) is 21.9 Å². The maximum atomic E-state index is 13.8. The largest absolute Gasteiger partial charge is 0.489 e. The number of esters is 1. The molecule has 4 nitrogen and oxygen atoms in total. The van der Waals surface area contributed by atoms with Crippen LogP contribution in [0.25, 0.3) is 6.08 Å². The van der Waals surface area contributed by atoms with Gasteiger partial charge in [0, 0.05) is 11.1 Å². The molecule has 0 unspecified atom stereocenters. The third-order valence-corrected chi connectivity index (χ3v) is 4.67. The molecule has 0 radical (unpaired) electrons. The Bertz CT molecular complexity index is 1150. The predicted molar refractivity (Wildman–Crippen MR) is 109 cm³/mol. The molecule has 0 atom stereocenters. The molecule has 30 heavy (non-hydrogen) atoms. The van der Waals surface area contributed by atoms with E-state index in [1.54, 1.807) is 42.5 Å². The number of hydrogen-bond acceptors (Lipinski definition) is 4. The standard InChI is InChI=1S/C23H14ClF2NO3/c24-19-5-2-6-20(26)18(19)13-29-17-9-7-14(8-10-17)11-21-23(28)30-22(27-21)15-3-1-4-16(25)12-15/h1-12H,13H2. The Morgan fingerprint density at radius 3 is 2.53 bits per heavy atom. The minimum atomic E-state index is -0.621. The molecule has 0 bridgehead atoms. The van der Waals surface area contributed by atoms with Crippen molar-refractivity contribution in [2.45, 2.75) is 6.61 Å². The Morgan fingerprint density at radius 1 is 1.03 bits per heavy atom. The molecule has 0 saturated heterocycles. The van der Waals surface area contributed by atoms with E-state index in [-0.39, 0.29) is 23.8 Å². The van der Waals surface area contributed by atoms with Crippen LogP contribution in [0.3, 0.4) is 0 Å². The lowest BCUT2D eigenvalue weighted by atomic mass is 10.2. The van der Waals surface area contributed by atoms with E-state index < -0.39 is 17.6 Å². The maximum Gasteiger partial charge on any atom is 0.363 e. The average Bonchev–Trinajstić information content (AvgIpc) is 3.09. The molecule has 0 aromatic heterocycles. The number of nitrogens with zero attached hydrogens (tertiary/aromatic N) is 1. The van der Waals surface area contributed by atoms with Gasteiger partial charge in [0.05, 0.1) is 5.02 Å². The van der Waals surface area contributed by atoms with Gasteiger partial charge in [-0.25, -0.2) is 18.6 Å². The summed E-state index contributed by atoms with van der Waals surface area (Å²) < 4.78 is 37.9. The van der Waals surface area contributed by atoms with E-state index in [0.717, 1.165) is 0 Å². The summed E-state index contributed by atoms with van der Waals surface area (Å²) in [5, 5.41) is 0.295. The Kier molecular flexibility index (Phi) is 5.59. The fraction of sp³-hybridized carbons (Fsp3) is 0.0435. The zero-order valence-electron chi connectivity index (χ0n) is 15.4. The molecule has 1 heterocycles. The SMILES string of the molecule is O=C1OC(c2cccc(F)c2)=NC1=Cc1ccc(OCc2c(F)cccc2Cl)cc1. The molecule has 7 heteroatoms. The monoisotopic (exact) mass is 425 g/mol. The van der Waals surface area contributed by atoms with Gasteiger partial charge in [0.25, 0.3) is 0 Å². The topological polar surface area (TPSA) is 47.9 Å². The lowest BCUT2D eigenvalue weighted by Crippen LogP contribution is -2.05. The van der Waals surface area contributed by atoms with Crippen molar-refractivity contribution in [3.8, 4) is 5.75 Å². The van der Waals surface area contributed by atoms with E-state index in [1.165, 1.54) is 30.3 Å². The molecule has 0 aliphatic carbocycles. The number of carbonyl (C=O) groups excluding carboxylic acids is 1. The first-order valence-electron chi connectivity index (χ1n) is 8.94. The molecule has 1 aliphatic rings. The molecule has 0 fully saturated rings. The fourth-order valence-electron chi connectivity index (χ4n) is 2.80. The number of hydrogen-bond donors (Lipinski definition) is 0. The van der Waals surface area contributed by atoms with Gasteiger partial charge < -0.3 is 9.47 Å². The van der Waals surface area contributed by atoms with Crippen LogP contribution in [0.4, 0.5) is 8.78 Å². The van der Waals surface area contributed by atoms with Gasteiger partial charge in [-0.15, -0.1) is 0 Å². The third kappa shape index (κ3) is 4.39. The highest BCUT2D eigenvalue weighted by molar-refractivity contribution is 6.31. The number of rotatable bonds is 5. The Labute approximate surface area is 176 Å². The molecule has 150 valence electrons. The van der Waals surface area contributed by atoms with Crippen LogP contribution in [-0.4, -0.2) is 11.9 Å². The van der Waals surface area contributed by atoms with Crippen molar-refractivity contribution in [3.63, 3.8) is 0 Å². The smallest absolute Gasteiger partial charge is 0.363 e. The quantitative estimate of drug-likeness (QED) is 0.398. The van der Waals surface area contributed by atoms with Gasteiger partial charge >= 0.3 is 5.97 Å². The van der Waals surface area contributed by atoms with Gasteiger partial charge in [0.2, 0.25) is 5.90 Å². The third-order valence-electron chi connectivity index (χ3n) is 4.32. The van der Waals surface area contributed by atoms with E-state index in [9.17, 15) is 13.6 Å². The molecule has 1 aliphatic heterocycles. The minimum Gasteiger partial charge on any atom is -0.489 e. The second-order valence-electron chi connectivity index (χ2n) is 6.40. The second kappa shape index (κ2) is 8.47. The lowest BCUT2D eigenvalue weighted by molar-refractivity contribution is -0.129. The average molecular weight is 426 g/mol. The van der Waals surface area contributed by atoms with Crippen LogP contribution in [0.5, 0.6) is 5.75 Å². The van der Waals surface area contributed by atoms with Crippen LogP contribution in [0.1, 0.15) is 16.7 Å². The molecule has 4 rings (SSSR count). The van der Waals surface area contributed by atoms with Crippen molar-refractivity contribution in [2.75, 3.05) is 0 Å². The molecular weight excluding hydrogens is 412 g/mol. The number of carbonyl (C=O) groups is 1. The van der Waals surface area contributed by atoms with Crippen LogP contribution in [0.15, 0.2) is 77.4 Å². The van der Waals surface area contributed by atoms with Crippen molar-refractivity contribution in [2.24, 2.45) is 4.99 Å². The minimum absolute atomic E-state index is 0.0143. The van der Waals surface area contributed by atoms with Gasteiger partial charge in [0.15, 0.2) is 5.70 Å². The first kappa shape index (κ1) is 19.8. The molecule has 3 aromatic rings. The second-order valence-corrected chi connectivity index (χ2v) is 6.81. The lowest BCUT2D eigenvalue weighted by Gasteiger charge is -2.09. The summed E-state index contributed by atoms with van der Waals surface area (Å²) >= 11 is 5.99. The molecule has 0 spiro atoms. The summed E-state index contributed by atoms with van der Waals surface area (Å²) in [4.78, 5) is 16.2. The van der Waals surface area contributed by atoms with Crippen molar-refractivity contribution in [1.29, 1.82) is 0 Å². The maximum absolute atomic E-state index is 13.8. The van der Waals surface area contributed by atoms with Crippen molar-refractivity contribution in [1.82, 2.24) is 0 Å². The normalized spacial score (nSPS) is 14.6. The summed E-state index contributed by atoms with van der Waals surface area (Å²) in [7, 11) is 0. The van der Waals surface area contributed by atoms with Gasteiger partial charge in [-0.05, 0) is 54.1 Å². The predicted octanol–water partition coefficient (Wildman–Crippen LogP) is 5.54. The first-order chi connectivity index (χ1) is 14.5. The molecule has 0 saturated carbocycles. The number of benzene rings is 3. The summed E-state index contributed by atoms with van der Waals surface area (Å²) in [5.41, 5.74) is 1.43. The molecule has 3 aromatic carbocycles. The molecule has 0 N–H and O–H groups in total. The van der Waals surface area contributed by atoms with Gasteiger partial charge in [-0.1, -0.05) is 35.9 Å². The van der Waals surface area contributed by atoms with Crippen LogP contribution in [0, 0.1) is 11.6 Å². The Morgan fingerprint density at radius 2 is 1.80 bits per heavy atom. The summed E-state index contributed by atoms with van der Waals surface area (Å²) in [6.07, 6.45) is 1.55. The van der Waals surface area contributed by atoms with Crippen LogP contribution < -0.4 is 4.74 Å². The van der Waals surface area contributed by atoms with Crippen molar-refractivity contribution in [3.05, 3.63) is 106 Å². The zero-order valence-corrected chi connectivity index (χ0v) is 16.2. The first-order valence-corrected chi connectivity index (χ1v) is 9.31. The molecular formula is C23H14ClF2NO3. The van der Waals surface area contributed by atoms with E-state index in [2.05, 4.69) is 4.99 Å². The van der Waals surface area contributed by atoms with Crippen molar-refractivity contribution < 1.29 is 23.0 Å². The summed E-state index contributed by atoms with van der Waals surface area (Å²) in [5.74, 6) is -0.947. The van der Waals surface area contributed by atoms with E-state index >= 15 is 0 Å². The van der Waals surface area contributed by atoms with E-state index in [4.69, 9.17) is 21.1 Å². The van der Waals surface area contributed by atoms with Gasteiger partial charge in [-0.3, -0.25) is 0 Å². The number of aliphatic imine (C=N–C) groups is 1. The highest BCUT2D eigenvalue weighted by atomic mass is 35.5. The summed E-state index contributed by atoms with van der Waals surface area (Å²) in [6.45, 7) is -0.0143. The van der Waals surface area contributed by atoms with Crippen molar-refractivity contribution >= 4 is 29.5 Å². The molecule has 0 amide bonds. The highest BCUT2D eigenvalue weighted by Crippen LogP contribution is 2.23. The van der Waals surface area contributed by atoms with Crippen LogP contribution >= 0.6 is 11.6 Å². The summed E-state index contributed by atoms with van der Waals surface area (Å²) in [6, 6.07) is 16.9. The van der Waals surface area contributed by atoms with Crippen LogP contribution in [0.2, 0.25) is 5.02 Å².